The molecule has 8 N–H and O–H groups in total. The van der Waals surface area contributed by atoms with Crippen LogP contribution in [0.4, 0.5) is 13.2 Å². The lowest BCUT2D eigenvalue weighted by Crippen LogP contribution is -2.60. The highest BCUT2D eigenvalue weighted by Crippen LogP contribution is 2.43. The van der Waals surface area contributed by atoms with Gasteiger partial charge < -0.3 is 41.1 Å². The summed E-state index contributed by atoms with van der Waals surface area (Å²) in [5, 5.41) is 62.0. The molecule has 15 heteroatoms. The average molecular weight is 460 g/mol. The molecule has 1 aromatic carbocycles. The first-order valence-corrected chi connectivity index (χ1v) is 8.53. The minimum atomic E-state index is -4.54. The summed E-state index contributed by atoms with van der Waals surface area (Å²) in [5.74, 6) is -5.07. The van der Waals surface area contributed by atoms with Gasteiger partial charge in [0.1, 0.15) is 0 Å². The fraction of sp³-hybridized carbons (Fsp3) is 0.353. The largest absolute Gasteiger partial charge is 0.416 e. The molecule has 1 fully saturated rings. The second-order valence-electron chi connectivity index (χ2n) is 6.67. The van der Waals surface area contributed by atoms with E-state index >= 15 is 0 Å². The predicted molar refractivity (Wildman–Crippen MR) is 92.4 cm³/mol. The molecule has 2 aromatic rings. The van der Waals surface area contributed by atoms with Crippen molar-refractivity contribution in [2.75, 3.05) is 0 Å². The maximum atomic E-state index is 12.6. The van der Waals surface area contributed by atoms with Gasteiger partial charge in [-0.05, 0) is 30.2 Å². The summed E-state index contributed by atoms with van der Waals surface area (Å²) in [7, 11) is 0. The minimum absolute atomic E-state index is 0.110. The Morgan fingerprint density at radius 3 is 2.19 bits per heavy atom. The smallest absolute Gasteiger partial charge is 0.366 e. The zero-order chi connectivity index (χ0) is 24.1. The van der Waals surface area contributed by atoms with Crippen LogP contribution in [0.5, 0.6) is 0 Å². The van der Waals surface area contributed by atoms with Gasteiger partial charge in [0.05, 0.1) is 5.56 Å². The van der Waals surface area contributed by atoms with E-state index < -0.39 is 59.5 Å². The first-order valence-electron chi connectivity index (χ1n) is 8.53. The van der Waals surface area contributed by atoms with Gasteiger partial charge in [-0.15, -0.1) is 5.10 Å². The number of primary amides is 1. The van der Waals surface area contributed by atoms with E-state index in [-0.39, 0.29) is 5.56 Å². The fourth-order valence-electron chi connectivity index (χ4n) is 2.80. The maximum absolute atomic E-state index is 12.6. The molecule has 1 saturated heterocycles. The summed E-state index contributed by atoms with van der Waals surface area (Å²) in [4.78, 5) is 15.3. The molecule has 0 radical (unpaired) electrons. The molecule has 1 aromatic heterocycles. The van der Waals surface area contributed by atoms with Gasteiger partial charge in [-0.1, -0.05) is 5.92 Å². The first kappa shape index (κ1) is 23.6. The van der Waals surface area contributed by atoms with Gasteiger partial charge in [0.15, 0.2) is 12.4 Å². The molecule has 172 valence electrons. The molecule has 0 saturated carbocycles. The van der Waals surface area contributed by atoms with Crippen molar-refractivity contribution < 1.29 is 53.3 Å². The Balaban J connectivity index is 1.97. The van der Waals surface area contributed by atoms with E-state index in [1.54, 1.807) is 0 Å². The van der Waals surface area contributed by atoms with Gasteiger partial charge in [0, 0.05) is 5.56 Å². The maximum Gasteiger partial charge on any atom is 0.416 e. The highest BCUT2D eigenvalue weighted by molar-refractivity contribution is 5.89. The van der Waals surface area contributed by atoms with E-state index in [0.717, 1.165) is 24.3 Å². The van der Waals surface area contributed by atoms with Gasteiger partial charge in [-0.2, -0.15) is 18.2 Å². The van der Waals surface area contributed by atoms with E-state index in [9.17, 15) is 48.6 Å². The van der Waals surface area contributed by atoms with Crippen LogP contribution in [0, 0.1) is 11.8 Å². The second kappa shape index (κ2) is 7.79. The third kappa shape index (κ3) is 4.03. The molecule has 2 heterocycles. The van der Waals surface area contributed by atoms with Crippen molar-refractivity contribution in [2.45, 2.75) is 36.4 Å². The van der Waals surface area contributed by atoms with Crippen LogP contribution in [-0.4, -0.2) is 75.3 Å². The molecule has 1 amide bonds. The van der Waals surface area contributed by atoms with Crippen LogP contribution < -0.4 is 5.73 Å². The van der Waals surface area contributed by atoms with Crippen molar-refractivity contribution in [3.8, 4) is 11.8 Å². The normalized spacial score (nSPS) is 21.9. The Kier molecular flexibility index (Phi) is 5.74. The lowest BCUT2D eigenvalue weighted by Gasteiger charge is -2.31. The number of aliphatic hydroxyl groups is 6. The molecule has 1 aliphatic heterocycles. The zero-order valence-corrected chi connectivity index (χ0v) is 15.6. The number of benzene rings is 1. The van der Waals surface area contributed by atoms with E-state index in [2.05, 4.69) is 21.9 Å². The number of hydrogen-bond donors (Lipinski definition) is 7. The van der Waals surface area contributed by atoms with E-state index in [1.807, 2.05) is 0 Å². The third-order valence-corrected chi connectivity index (χ3v) is 4.43. The van der Waals surface area contributed by atoms with Crippen molar-refractivity contribution in [1.29, 1.82) is 0 Å². The number of rotatable bonds is 3. The van der Waals surface area contributed by atoms with Crippen LogP contribution in [0.25, 0.3) is 0 Å². The highest BCUT2D eigenvalue weighted by Gasteiger charge is 2.69. The third-order valence-electron chi connectivity index (χ3n) is 4.43. The summed E-state index contributed by atoms with van der Waals surface area (Å²) >= 11 is 0. The van der Waals surface area contributed by atoms with E-state index in [1.165, 1.54) is 0 Å². The number of aromatic nitrogens is 3. The number of amides is 1. The summed E-state index contributed by atoms with van der Waals surface area (Å²) in [6, 6.07) is 3.69. The number of carbonyl (C=O) groups is 1. The number of nitrogens with two attached hydrogens (primary N) is 1. The van der Waals surface area contributed by atoms with Crippen LogP contribution in [-0.2, 0) is 10.9 Å². The van der Waals surface area contributed by atoms with Crippen molar-refractivity contribution in [1.82, 2.24) is 14.8 Å². The van der Waals surface area contributed by atoms with Crippen LogP contribution in [0.2, 0.25) is 0 Å². The Morgan fingerprint density at radius 2 is 1.72 bits per heavy atom. The standard InChI is InChI=1S/C17H15F3N4O8/c18-17(19,20)8-4-1-7(2-5-8)3-6-9-22-12(11(21)25)24(23-9)14-16(30,31)15(28,29)10(32-14)13(26)27/h1-2,4-5,10,13-14,26-31H,(H2,21,25)/t10-,14-/m1/s1. The molecule has 0 unspecified atom stereocenters. The molecule has 2 atom stereocenters. The Hall–Kier alpha value is -3.10. The zero-order valence-electron chi connectivity index (χ0n) is 15.6. The van der Waals surface area contributed by atoms with Gasteiger partial charge in [0.2, 0.25) is 17.9 Å². The molecule has 32 heavy (non-hydrogen) atoms. The monoisotopic (exact) mass is 460 g/mol. The van der Waals surface area contributed by atoms with E-state index in [0.29, 0.717) is 4.68 Å². The Bertz CT molecular complexity index is 1090. The molecular formula is C17H15F3N4O8. The fourth-order valence-corrected chi connectivity index (χ4v) is 2.80. The number of hydrogen-bond acceptors (Lipinski definition) is 10. The second-order valence-corrected chi connectivity index (χ2v) is 6.67. The molecule has 0 spiro atoms. The summed E-state index contributed by atoms with van der Waals surface area (Å²) in [5.41, 5.74) is 4.36. The van der Waals surface area contributed by atoms with Crippen LogP contribution in [0.15, 0.2) is 24.3 Å². The van der Waals surface area contributed by atoms with Crippen molar-refractivity contribution in [2.24, 2.45) is 5.73 Å². The molecule has 3 rings (SSSR count). The molecule has 0 bridgehead atoms. The summed E-state index contributed by atoms with van der Waals surface area (Å²) in [6.45, 7) is 0. The number of nitrogens with zero attached hydrogens (tertiary/aromatic N) is 3. The Labute approximate surface area is 175 Å². The quantitative estimate of drug-likeness (QED) is 0.187. The SMILES string of the molecule is NC(=O)c1nc(C#Cc2ccc(C(F)(F)F)cc2)nn1[C@@H]1O[C@H](C(O)O)C(O)(O)C1(O)O. The van der Waals surface area contributed by atoms with Gasteiger partial charge >= 0.3 is 6.18 Å². The highest BCUT2D eigenvalue weighted by atomic mass is 19.4. The number of carbonyl (C=O) groups excluding carboxylic acids is 1. The number of aliphatic hydroxyl groups excluding tert-OH is 1. The first-order chi connectivity index (χ1) is 14.7. The van der Waals surface area contributed by atoms with Gasteiger partial charge in [-0.3, -0.25) is 4.79 Å². The van der Waals surface area contributed by atoms with E-state index in [4.69, 9.17) is 10.5 Å². The number of ether oxygens (including phenoxy) is 1. The van der Waals surface area contributed by atoms with Gasteiger partial charge in [0.25, 0.3) is 17.5 Å². The number of halogens is 3. The topological polar surface area (TPSA) is 204 Å². The summed E-state index contributed by atoms with van der Waals surface area (Å²) in [6.07, 6.45) is -11.8. The Morgan fingerprint density at radius 1 is 1.12 bits per heavy atom. The average Bonchev–Trinajstić information content (AvgIpc) is 3.17. The van der Waals surface area contributed by atoms with Crippen molar-refractivity contribution in [3.05, 3.63) is 47.0 Å². The summed E-state index contributed by atoms with van der Waals surface area (Å²) < 4.78 is 43.0. The molecular weight excluding hydrogens is 445 g/mol. The van der Waals surface area contributed by atoms with Crippen LogP contribution in [0.1, 0.15) is 33.8 Å². The molecule has 1 aliphatic rings. The van der Waals surface area contributed by atoms with Crippen LogP contribution >= 0.6 is 0 Å². The predicted octanol–water partition coefficient (Wildman–Crippen LogP) is -2.63. The molecule has 12 nitrogen and oxygen atoms in total. The number of alkyl halides is 3. The minimum Gasteiger partial charge on any atom is -0.366 e. The lowest BCUT2D eigenvalue weighted by molar-refractivity contribution is -0.363. The van der Waals surface area contributed by atoms with Crippen molar-refractivity contribution >= 4 is 5.91 Å². The van der Waals surface area contributed by atoms with Gasteiger partial charge in [-0.25, -0.2) is 4.68 Å². The molecule has 0 aliphatic carbocycles. The lowest BCUT2D eigenvalue weighted by atomic mass is 10.0. The van der Waals surface area contributed by atoms with Crippen LogP contribution in [0.3, 0.4) is 0 Å². The van der Waals surface area contributed by atoms with Crippen molar-refractivity contribution in [3.63, 3.8) is 0 Å².